The quantitative estimate of drug-likeness (QED) is 0.778. The minimum absolute atomic E-state index is 0.0383. The van der Waals surface area contributed by atoms with Crippen LogP contribution in [0.1, 0.15) is 49.6 Å². The number of aromatic nitrogens is 2. The largest absolute Gasteiger partial charge is 0.433 e. The number of alkyl halides is 3. The molecule has 0 bridgehead atoms. The number of hydrogen-bond donors (Lipinski definition) is 0. The maximum absolute atomic E-state index is 13.5. The zero-order valence-electron chi connectivity index (χ0n) is 14.1. The van der Waals surface area contributed by atoms with Gasteiger partial charge in [0.15, 0.2) is 5.69 Å². The Bertz CT molecular complexity index is 706. The molecule has 2 saturated heterocycles. The highest BCUT2D eigenvalue weighted by molar-refractivity contribution is 5.86. The second kappa shape index (κ2) is 5.85. The molecule has 0 aromatic carbocycles. The Morgan fingerprint density at radius 3 is 2.60 bits per heavy atom. The molecule has 1 aromatic rings. The molecule has 3 heterocycles. The molecular weight excluding hydrogens is 333 g/mol. The highest BCUT2D eigenvalue weighted by Crippen LogP contribution is 2.37. The zero-order chi connectivity index (χ0) is 17.8. The Balaban J connectivity index is 1.76. The van der Waals surface area contributed by atoms with Gasteiger partial charge in [-0.1, -0.05) is 0 Å². The van der Waals surface area contributed by atoms with Crippen LogP contribution in [0.2, 0.25) is 0 Å². The van der Waals surface area contributed by atoms with Crippen LogP contribution >= 0.6 is 0 Å². The summed E-state index contributed by atoms with van der Waals surface area (Å²) in [6, 6.07) is -0.477. The third-order valence-corrected chi connectivity index (χ3v) is 5.59. The smallest absolute Gasteiger partial charge is 0.336 e. The van der Waals surface area contributed by atoms with Crippen molar-refractivity contribution in [2.75, 3.05) is 18.0 Å². The van der Waals surface area contributed by atoms with Crippen LogP contribution < -0.4 is 4.90 Å². The van der Waals surface area contributed by atoms with E-state index in [0.29, 0.717) is 25.1 Å². The topological polar surface area (TPSA) is 49.3 Å². The molecule has 5 nitrogen and oxygen atoms in total. The fourth-order valence-corrected chi connectivity index (χ4v) is 4.27. The first-order chi connectivity index (χ1) is 11.9. The molecule has 0 N–H and O–H groups in total. The number of rotatable bonds is 1. The van der Waals surface area contributed by atoms with Crippen molar-refractivity contribution in [3.8, 4) is 0 Å². The molecule has 1 aromatic heterocycles. The number of nitrogens with zero attached hydrogens (tertiary/aromatic N) is 4. The number of halogens is 3. The molecule has 25 heavy (non-hydrogen) atoms. The average molecular weight is 354 g/mol. The van der Waals surface area contributed by atoms with Crippen molar-refractivity contribution in [3.05, 3.63) is 17.0 Å². The molecule has 2 aliphatic heterocycles. The van der Waals surface area contributed by atoms with E-state index in [9.17, 15) is 18.0 Å². The fraction of sp³-hybridized carbons (Fsp3) is 0.706. The van der Waals surface area contributed by atoms with Crippen LogP contribution in [0.15, 0.2) is 0 Å². The summed E-state index contributed by atoms with van der Waals surface area (Å²) in [7, 11) is 0. The first-order valence-corrected chi connectivity index (χ1v) is 8.90. The van der Waals surface area contributed by atoms with Gasteiger partial charge in [-0.3, -0.25) is 4.79 Å². The Morgan fingerprint density at radius 1 is 1.08 bits per heavy atom. The number of aryl methyl sites for hydroxylation is 1. The molecule has 0 radical (unpaired) electrons. The predicted octanol–water partition coefficient (Wildman–Crippen LogP) is 2.57. The van der Waals surface area contributed by atoms with Crippen molar-refractivity contribution < 1.29 is 18.0 Å². The van der Waals surface area contributed by atoms with Gasteiger partial charge >= 0.3 is 6.18 Å². The van der Waals surface area contributed by atoms with E-state index in [1.165, 1.54) is 0 Å². The highest BCUT2D eigenvalue weighted by atomic mass is 19.4. The second-order valence-corrected chi connectivity index (χ2v) is 7.16. The van der Waals surface area contributed by atoms with Crippen molar-refractivity contribution in [2.24, 2.45) is 0 Å². The Kier molecular flexibility index (Phi) is 3.88. The second-order valence-electron chi connectivity index (χ2n) is 7.16. The van der Waals surface area contributed by atoms with Gasteiger partial charge < -0.3 is 9.80 Å². The van der Waals surface area contributed by atoms with Gasteiger partial charge in [-0.15, -0.1) is 0 Å². The van der Waals surface area contributed by atoms with Gasteiger partial charge in [0.2, 0.25) is 11.9 Å². The SMILES string of the molecule is C[C@H]1C(=O)N2CCC[C@@H]2CN1c1nc2c(c(C(F)(F)F)n1)CCCC2. The van der Waals surface area contributed by atoms with E-state index < -0.39 is 17.9 Å². The van der Waals surface area contributed by atoms with Gasteiger partial charge in [-0.25, -0.2) is 9.97 Å². The first-order valence-electron chi connectivity index (χ1n) is 8.90. The summed E-state index contributed by atoms with van der Waals surface area (Å²) in [5, 5.41) is 0. The van der Waals surface area contributed by atoms with Crippen LogP contribution in [0.25, 0.3) is 0 Å². The van der Waals surface area contributed by atoms with Gasteiger partial charge in [0.1, 0.15) is 6.04 Å². The molecule has 2 atom stereocenters. The van der Waals surface area contributed by atoms with E-state index in [0.717, 1.165) is 32.2 Å². The first kappa shape index (κ1) is 16.6. The van der Waals surface area contributed by atoms with E-state index in [1.54, 1.807) is 11.8 Å². The number of carbonyl (C=O) groups is 1. The minimum Gasteiger partial charge on any atom is -0.336 e. The molecule has 1 amide bonds. The van der Waals surface area contributed by atoms with Gasteiger partial charge in [0, 0.05) is 30.4 Å². The summed E-state index contributed by atoms with van der Waals surface area (Å²) in [6.45, 7) is 2.97. The molecule has 1 aliphatic carbocycles. The number of fused-ring (bicyclic) bond motifs is 2. The summed E-state index contributed by atoms with van der Waals surface area (Å²) < 4.78 is 40.6. The number of piperazine rings is 1. The summed E-state index contributed by atoms with van der Waals surface area (Å²) in [6.07, 6.45) is -0.196. The summed E-state index contributed by atoms with van der Waals surface area (Å²) in [5.41, 5.74) is -0.0845. The van der Waals surface area contributed by atoms with E-state index in [-0.39, 0.29) is 23.5 Å². The fourth-order valence-electron chi connectivity index (χ4n) is 4.27. The molecular formula is C17H21F3N4O. The van der Waals surface area contributed by atoms with Gasteiger partial charge in [0.05, 0.1) is 0 Å². The van der Waals surface area contributed by atoms with Crippen LogP contribution in [0.5, 0.6) is 0 Å². The lowest BCUT2D eigenvalue weighted by Crippen LogP contribution is -2.59. The van der Waals surface area contributed by atoms with Crippen LogP contribution in [0.3, 0.4) is 0 Å². The van der Waals surface area contributed by atoms with Crippen LogP contribution in [0, 0.1) is 0 Å². The van der Waals surface area contributed by atoms with Crippen molar-refractivity contribution >= 4 is 11.9 Å². The van der Waals surface area contributed by atoms with Gasteiger partial charge in [-0.05, 0) is 45.4 Å². The third kappa shape index (κ3) is 2.75. The van der Waals surface area contributed by atoms with E-state index in [2.05, 4.69) is 9.97 Å². The molecule has 3 aliphatic rings. The molecule has 136 valence electrons. The van der Waals surface area contributed by atoms with Crippen LogP contribution in [-0.4, -0.2) is 45.9 Å². The number of carbonyl (C=O) groups excluding carboxylic acids is 1. The van der Waals surface area contributed by atoms with E-state index >= 15 is 0 Å². The minimum atomic E-state index is -4.50. The average Bonchev–Trinajstić information content (AvgIpc) is 3.05. The maximum Gasteiger partial charge on any atom is 0.433 e. The molecule has 0 unspecified atom stereocenters. The predicted molar refractivity (Wildman–Crippen MR) is 85.2 cm³/mol. The van der Waals surface area contributed by atoms with Crippen molar-refractivity contribution in [1.29, 1.82) is 0 Å². The lowest BCUT2D eigenvalue weighted by Gasteiger charge is -2.41. The highest BCUT2D eigenvalue weighted by Gasteiger charge is 2.43. The Labute approximate surface area is 144 Å². The van der Waals surface area contributed by atoms with Crippen molar-refractivity contribution in [3.63, 3.8) is 0 Å². The standard InChI is InChI=1S/C17H21F3N4O/c1-10-15(25)23-8-4-5-11(23)9-24(10)16-21-13-7-3-2-6-12(13)14(22-16)17(18,19)20/h10-11H,2-9H2,1H3/t10-,11+/m0/s1. The monoisotopic (exact) mass is 354 g/mol. The Morgan fingerprint density at radius 2 is 1.84 bits per heavy atom. The Hall–Kier alpha value is -1.86. The summed E-state index contributed by atoms with van der Waals surface area (Å²) in [5.74, 6) is 0.0176. The van der Waals surface area contributed by atoms with E-state index in [1.807, 2.05) is 4.90 Å². The molecule has 0 saturated carbocycles. The summed E-state index contributed by atoms with van der Waals surface area (Å²) >= 11 is 0. The summed E-state index contributed by atoms with van der Waals surface area (Å²) in [4.78, 5) is 24.4. The van der Waals surface area contributed by atoms with Crippen molar-refractivity contribution in [1.82, 2.24) is 14.9 Å². The molecule has 8 heteroatoms. The van der Waals surface area contributed by atoms with Gasteiger partial charge in [0.25, 0.3) is 0 Å². The van der Waals surface area contributed by atoms with Crippen LogP contribution in [0.4, 0.5) is 19.1 Å². The lowest BCUT2D eigenvalue weighted by molar-refractivity contribution is -0.142. The number of anilines is 1. The van der Waals surface area contributed by atoms with Gasteiger partial charge in [-0.2, -0.15) is 13.2 Å². The van der Waals surface area contributed by atoms with Crippen molar-refractivity contribution in [2.45, 2.75) is 63.7 Å². The molecule has 4 rings (SSSR count). The van der Waals surface area contributed by atoms with Crippen LogP contribution in [-0.2, 0) is 23.8 Å². The molecule has 0 spiro atoms. The number of amides is 1. The molecule has 2 fully saturated rings. The maximum atomic E-state index is 13.5. The normalized spacial score (nSPS) is 26.6. The zero-order valence-corrected chi connectivity index (χ0v) is 14.1. The van der Waals surface area contributed by atoms with E-state index in [4.69, 9.17) is 0 Å². The number of hydrogen-bond acceptors (Lipinski definition) is 4. The lowest BCUT2D eigenvalue weighted by atomic mass is 9.94. The third-order valence-electron chi connectivity index (χ3n) is 5.59.